The van der Waals surface area contributed by atoms with Crippen LogP contribution in [0.25, 0.3) is 0 Å². The Hall–Kier alpha value is -0.650. The van der Waals surface area contributed by atoms with E-state index in [0.29, 0.717) is 0 Å². The van der Waals surface area contributed by atoms with Gasteiger partial charge >= 0.3 is 6.18 Å². The maximum absolute atomic E-state index is 12.0. The summed E-state index contributed by atoms with van der Waals surface area (Å²) in [6, 6.07) is 0. The van der Waals surface area contributed by atoms with Crippen molar-refractivity contribution in [2.24, 2.45) is 0 Å². The summed E-state index contributed by atoms with van der Waals surface area (Å²) in [6.45, 7) is 0. The molecule has 1 rings (SSSR count). The van der Waals surface area contributed by atoms with Gasteiger partial charge in [0.05, 0.1) is 7.21 Å². The first-order chi connectivity index (χ1) is 5.82. The van der Waals surface area contributed by atoms with E-state index in [1.165, 1.54) is 0 Å². The van der Waals surface area contributed by atoms with Crippen LogP contribution in [0.15, 0.2) is 16.8 Å². The van der Waals surface area contributed by atoms with Crippen LogP contribution in [0.5, 0.6) is 0 Å². The zero-order valence-electron chi connectivity index (χ0n) is 6.91. The van der Waals surface area contributed by atoms with Gasteiger partial charge in [0.15, 0.2) is 0 Å². The summed E-state index contributed by atoms with van der Waals surface area (Å²) in [4.78, 5) is 5.74. The molecule has 0 saturated heterocycles. The van der Waals surface area contributed by atoms with Gasteiger partial charge in [0, 0.05) is 12.3 Å². The number of hydrogen-bond donors (Lipinski definition) is 0. The third kappa shape index (κ3) is 2.14. The molecule has 2 nitrogen and oxygen atoms in total. The molecule has 11 heavy (non-hydrogen) atoms. The molecule has 0 fully saturated rings. The Balaban J connectivity index is 3.29. The van der Waals surface area contributed by atoms with Crippen LogP contribution in [-0.2, 0) is 6.18 Å². The summed E-state index contributed by atoms with van der Waals surface area (Å²) in [5.74, 6) is -1.47. The molecule has 0 aliphatic heterocycles. The highest BCUT2D eigenvalue weighted by atomic mass is 79.9. The molecule has 0 aliphatic carbocycles. The van der Waals surface area contributed by atoms with E-state index in [1.54, 1.807) is 0 Å². The minimum absolute atomic E-state index is 0.152. The van der Waals surface area contributed by atoms with Gasteiger partial charge < -0.3 is 0 Å². The minimum Gasteiger partial charge on any atom is -0.232 e. The highest BCUT2D eigenvalue weighted by Gasteiger charge is 2.34. The van der Waals surface area contributed by atoms with Crippen LogP contribution in [0.2, 0.25) is 0 Å². The molecule has 1 aromatic heterocycles. The lowest BCUT2D eigenvalue weighted by Gasteiger charge is -2.02. The Morgan fingerprint density at radius 1 is 1.36 bits per heavy atom. The third-order valence-corrected chi connectivity index (χ3v) is 1.13. The lowest BCUT2D eigenvalue weighted by Crippen LogP contribution is -2.09. The number of alkyl halides is 3. The lowest BCUT2D eigenvalue weighted by atomic mass is 10.5. The molecule has 0 saturated carbocycles. The average Bonchev–Trinajstić information content (AvgIpc) is 1.97. The Morgan fingerprint density at radius 3 is 2.18 bits per heavy atom. The quantitative estimate of drug-likeness (QED) is 0.681. The molecular formula is C5H2BrF3N2. The van der Waals surface area contributed by atoms with Gasteiger partial charge in [0.25, 0.3) is 0 Å². The molecule has 6 heteroatoms. The van der Waals surface area contributed by atoms with E-state index in [4.69, 9.17) is 2.74 Å². The molecule has 0 N–H and O–H groups in total. The van der Waals surface area contributed by atoms with Crippen LogP contribution in [-0.4, -0.2) is 9.97 Å². The smallest absolute Gasteiger partial charge is 0.232 e. The Labute approximate surface area is 71.4 Å². The minimum atomic E-state index is -4.72. The van der Waals surface area contributed by atoms with Crippen molar-refractivity contribution >= 4 is 15.9 Å². The van der Waals surface area contributed by atoms with Crippen molar-refractivity contribution < 1.29 is 15.9 Å². The van der Waals surface area contributed by atoms with Gasteiger partial charge in [-0.1, -0.05) is 0 Å². The van der Waals surface area contributed by atoms with Crippen LogP contribution in [0.3, 0.4) is 0 Å². The van der Waals surface area contributed by atoms with Gasteiger partial charge in [-0.25, -0.2) is 9.97 Å². The maximum atomic E-state index is 12.0. The standard InChI is InChI=1S/C5H2BrF3N2/c6-3-1-10-4(11-2-3)5(7,8)9/h1-2H/i1D,2D. The first kappa shape index (κ1) is 5.93. The van der Waals surface area contributed by atoms with Gasteiger partial charge in [-0.2, -0.15) is 13.2 Å². The molecule has 1 aromatic rings. The highest BCUT2D eigenvalue weighted by Crippen LogP contribution is 2.25. The molecule has 1 heterocycles. The first-order valence-electron chi connectivity index (χ1n) is 3.40. The third-order valence-electron chi connectivity index (χ3n) is 0.773. The highest BCUT2D eigenvalue weighted by molar-refractivity contribution is 9.10. The van der Waals surface area contributed by atoms with E-state index in [9.17, 15) is 13.2 Å². The lowest BCUT2D eigenvalue weighted by molar-refractivity contribution is -0.145. The monoisotopic (exact) mass is 228 g/mol. The van der Waals surface area contributed by atoms with E-state index in [2.05, 4.69) is 25.9 Å². The van der Waals surface area contributed by atoms with Gasteiger partial charge in [0.1, 0.15) is 0 Å². The number of rotatable bonds is 0. The van der Waals surface area contributed by atoms with Gasteiger partial charge in [-0.3, -0.25) is 0 Å². The Morgan fingerprint density at radius 2 is 1.82 bits per heavy atom. The summed E-state index contributed by atoms with van der Waals surface area (Å²) in [5.41, 5.74) is 0. The molecule has 0 spiro atoms. The van der Waals surface area contributed by atoms with Crippen molar-refractivity contribution in [3.8, 4) is 0 Å². The Kier molecular flexibility index (Phi) is 1.49. The summed E-state index contributed by atoms with van der Waals surface area (Å²) >= 11 is 2.71. The summed E-state index contributed by atoms with van der Waals surface area (Å²) in [6.07, 6.45) is -6.01. The fourth-order valence-corrected chi connectivity index (χ4v) is 0.558. The van der Waals surface area contributed by atoms with Crippen LogP contribution in [0.1, 0.15) is 8.57 Å². The summed E-state index contributed by atoms with van der Waals surface area (Å²) in [7, 11) is 0. The number of halogens is 4. The van der Waals surface area contributed by atoms with Crippen molar-refractivity contribution in [2.75, 3.05) is 0 Å². The fourth-order valence-electron chi connectivity index (χ4n) is 0.381. The van der Waals surface area contributed by atoms with E-state index in [0.717, 1.165) is 0 Å². The van der Waals surface area contributed by atoms with Crippen molar-refractivity contribution in [3.63, 3.8) is 0 Å². The number of hydrogen-bond acceptors (Lipinski definition) is 2. The normalized spacial score (nSPS) is 14.2. The van der Waals surface area contributed by atoms with Crippen molar-refractivity contribution in [3.05, 3.63) is 22.6 Å². The van der Waals surface area contributed by atoms with E-state index in [1.807, 2.05) is 0 Å². The summed E-state index contributed by atoms with van der Waals surface area (Å²) in [5, 5.41) is 0. The Bertz CT molecular complexity index is 318. The second kappa shape index (κ2) is 2.77. The van der Waals surface area contributed by atoms with Crippen LogP contribution in [0, 0.1) is 0 Å². The topological polar surface area (TPSA) is 25.8 Å². The van der Waals surface area contributed by atoms with Crippen LogP contribution in [0.4, 0.5) is 13.2 Å². The number of aromatic nitrogens is 2. The second-order valence-corrected chi connectivity index (χ2v) is 2.38. The molecule has 0 unspecified atom stereocenters. The molecule has 0 radical (unpaired) electrons. The van der Waals surface area contributed by atoms with E-state index >= 15 is 0 Å². The molecule has 60 valence electrons. The predicted molar refractivity (Wildman–Crippen MR) is 34.7 cm³/mol. The number of nitrogens with zero attached hydrogens (tertiary/aromatic N) is 2. The van der Waals surface area contributed by atoms with Gasteiger partial charge in [-0.15, -0.1) is 0 Å². The predicted octanol–water partition coefficient (Wildman–Crippen LogP) is 2.26. The van der Waals surface area contributed by atoms with Crippen molar-refractivity contribution in [1.82, 2.24) is 9.97 Å². The fraction of sp³-hybridized carbons (Fsp3) is 0.200. The van der Waals surface area contributed by atoms with E-state index < -0.39 is 24.3 Å². The van der Waals surface area contributed by atoms with Gasteiger partial charge in [0.2, 0.25) is 5.82 Å². The van der Waals surface area contributed by atoms with Gasteiger partial charge in [-0.05, 0) is 15.9 Å². The average molecular weight is 229 g/mol. The molecular weight excluding hydrogens is 225 g/mol. The SMILES string of the molecule is [2H]c1nc(C(F)(F)F)nc([2H])c1Br. The molecule has 0 amide bonds. The maximum Gasteiger partial charge on any atom is 0.451 e. The van der Waals surface area contributed by atoms with Crippen LogP contribution < -0.4 is 0 Å². The molecule has 0 bridgehead atoms. The zero-order chi connectivity index (χ0) is 10.2. The summed E-state index contributed by atoms with van der Waals surface area (Å²) < 4.78 is 49.7. The molecule has 0 aliphatic rings. The van der Waals surface area contributed by atoms with Crippen LogP contribution >= 0.6 is 15.9 Å². The molecule has 0 atom stereocenters. The van der Waals surface area contributed by atoms with Crippen molar-refractivity contribution in [1.29, 1.82) is 0 Å². The van der Waals surface area contributed by atoms with Crippen molar-refractivity contribution in [2.45, 2.75) is 6.18 Å². The second-order valence-electron chi connectivity index (χ2n) is 1.58. The largest absolute Gasteiger partial charge is 0.451 e. The van der Waals surface area contributed by atoms with E-state index in [-0.39, 0.29) is 4.47 Å². The zero-order valence-corrected chi connectivity index (χ0v) is 6.49. The first-order valence-corrected chi connectivity index (χ1v) is 3.19. The molecule has 0 aromatic carbocycles.